The molecule has 9 heteroatoms. The molecule has 140 valence electrons. The van der Waals surface area contributed by atoms with Crippen LogP contribution in [-0.2, 0) is 6.18 Å². The van der Waals surface area contributed by atoms with Crippen LogP contribution in [0.3, 0.4) is 0 Å². The van der Waals surface area contributed by atoms with Gasteiger partial charge >= 0.3 is 6.18 Å². The Morgan fingerprint density at radius 2 is 1.70 bits per heavy atom. The van der Waals surface area contributed by atoms with Gasteiger partial charge in [0.1, 0.15) is 22.9 Å². The van der Waals surface area contributed by atoms with Crippen molar-refractivity contribution in [1.82, 2.24) is 9.97 Å². The monoisotopic (exact) mass is 378 g/mol. The molecule has 0 aliphatic rings. The topological polar surface area (TPSA) is 59.1 Å². The molecule has 3 rings (SSSR count). The van der Waals surface area contributed by atoms with Crippen molar-refractivity contribution in [3.63, 3.8) is 0 Å². The molecular formula is C18H14F4N4O. The molecule has 0 unspecified atom stereocenters. The summed E-state index contributed by atoms with van der Waals surface area (Å²) in [6.07, 6.45) is -4.01. The molecule has 0 spiro atoms. The van der Waals surface area contributed by atoms with E-state index in [-0.39, 0.29) is 11.6 Å². The maximum absolute atomic E-state index is 13.3. The summed E-state index contributed by atoms with van der Waals surface area (Å²) in [6, 6.07) is 11.8. The van der Waals surface area contributed by atoms with Gasteiger partial charge in [0, 0.05) is 17.6 Å². The molecule has 0 saturated heterocycles. The van der Waals surface area contributed by atoms with Gasteiger partial charge in [0.15, 0.2) is 0 Å². The number of methoxy groups -OCH3 is 1. The summed E-state index contributed by atoms with van der Waals surface area (Å²) >= 11 is 0. The fraction of sp³-hybridized carbons (Fsp3) is 0.111. The van der Waals surface area contributed by atoms with Gasteiger partial charge in [-0.25, -0.2) is 9.37 Å². The van der Waals surface area contributed by atoms with Crippen molar-refractivity contribution < 1.29 is 22.3 Å². The van der Waals surface area contributed by atoms with Crippen molar-refractivity contribution in [2.24, 2.45) is 0 Å². The SMILES string of the molecule is COc1ccc(Nc2ncc(C(F)(F)F)c(Nc3cccc(F)c3)n2)cc1. The number of hydrogen-bond donors (Lipinski definition) is 2. The van der Waals surface area contributed by atoms with Gasteiger partial charge in [0.25, 0.3) is 0 Å². The Morgan fingerprint density at radius 1 is 0.963 bits per heavy atom. The van der Waals surface area contributed by atoms with E-state index in [0.29, 0.717) is 17.6 Å². The molecule has 5 nitrogen and oxygen atoms in total. The quantitative estimate of drug-likeness (QED) is 0.603. The van der Waals surface area contributed by atoms with E-state index in [1.165, 1.54) is 25.3 Å². The first-order valence-corrected chi connectivity index (χ1v) is 7.73. The van der Waals surface area contributed by atoms with E-state index in [0.717, 1.165) is 6.07 Å². The summed E-state index contributed by atoms with van der Waals surface area (Å²) < 4.78 is 58.1. The number of halogens is 4. The lowest BCUT2D eigenvalue weighted by molar-refractivity contribution is -0.137. The summed E-state index contributed by atoms with van der Waals surface area (Å²) in [5, 5.41) is 5.31. The zero-order valence-corrected chi connectivity index (χ0v) is 14.0. The van der Waals surface area contributed by atoms with E-state index in [4.69, 9.17) is 4.74 Å². The van der Waals surface area contributed by atoms with Crippen molar-refractivity contribution in [2.75, 3.05) is 17.7 Å². The molecule has 0 aliphatic carbocycles. The highest BCUT2D eigenvalue weighted by atomic mass is 19.4. The average Bonchev–Trinajstić information content (AvgIpc) is 2.61. The fourth-order valence-corrected chi connectivity index (χ4v) is 2.25. The Labute approximate surface area is 152 Å². The Hall–Kier alpha value is -3.36. The maximum Gasteiger partial charge on any atom is 0.421 e. The number of nitrogens with one attached hydrogen (secondary N) is 2. The van der Waals surface area contributed by atoms with E-state index in [9.17, 15) is 17.6 Å². The van der Waals surface area contributed by atoms with Gasteiger partial charge in [0.05, 0.1) is 7.11 Å². The Bertz CT molecular complexity index is 929. The predicted molar refractivity (Wildman–Crippen MR) is 93.0 cm³/mol. The Balaban J connectivity index is 1.92. The minimum atomic E-state index is -4.67. The summed E-state index contributed by atoms with van der Waals surface area (Å²) in [5.74, 6) is -0.493. The number of nitrogens with zero attached hydrogens (tertiary/aromatic N) is 2. The number of ether oxygens (including phenoxy) is 1. The molecule has 3 aromatic rings. The second-order valence-corrected chi connectivity index (χ2v) is 5.44. The fourth-order valence-electron chi connectivity index (χ4n) is 2.25. The largest absolute Gasteiger partial charge is 0.497 e. The molecule has 27 heavy (non-hydrogen) atoms. The molecule has 1 heterocycles. The number of benzene rings is 2. The summed E-state index contributed by atoms with van der Waals surface area (Å²) in [6.45, 7) is 0. The van der Waals surface area contributed by atoms with Crippen LogP contribution in [0.5, 0.6) is 5.75 Å². The smallest absolute Gasteiger partial charge is 0.421 e. The highest BCUT2D eigenvalue weighted by Gasteiger charge is 2.35. The maximum atomic E-state index is 13.3. The third-order valence-electron chi connectivity index (χ3n) is 3.53. The van der Waals surface area contributed by atoms with Crippen LogP contribution in [0.25, 0.3) is 0 Å². The summed E-state index contributed by atoms with van der Waals surface area (Å²) in [5.41, 5.74) is -0.367. The number of anilines is 4. The first kappa shape index (κ1) is 18.4. The van der Waals surface area contributed by atoms with Gasteiger partial charge in [0.2, 0.25) is 5.95 Å². The van der Waals surface area contributed by atoms with Crippen LogP contribution in [-0.4, -0.2) is 17.1 Å². The molecular weight excluding hydrogens is 364 g/mol. The van der Waals surface area contributed by atoms with Crippen LogP contribution < -0.4 is 15.4 Å². The second-order valence-electron chi connectivity index (χ2n) is 5.44. The minimum absolute atomic E-state index is 0.0490. The minimum Gasteiger partial charge on any atom is -0.497 e. The van der Waals surface area contributed by atoms with Crippen LogP contribution in [0, 0.1) is 5.82 Å². The lowest BCUT2D eigenvalue weighted by Crippen LogP contribution is -2.12. The Morgan fingerprint density at radius 3 is 2.33 bits per heavy atom. The van der Waals surface area contributed by atoms with Crippen molar-refractivity contribution in [3.8, 4) is 5.75 Å². The first-order chi connectivity index (χ1) is 12.8. The second kappa shape index (κ2) is 7.48. The number of aromatic nitrogens is 2. The van der Waals surface area contributed by atoms with Crippen molar-refractivity contribution in [3.05, 3.63) is 66.1 Å². The predicted octanol–water partition coefficient (Wildman–Crippen LogP) is 5.13. The molecule has 2 aromatic carbocycles. The van der Waals surface area contributed by atoms with Crippen LogP contribution in [0.4, 0.5) is 40.7 Å². The molecule has 0 radical (unpaired) electrons. The number of alkyl halides is 3. The molecule has 0 amide bonds. The van der Waals surface area contributed by atoms with E-state index in [1.54, 1.807) is 24.3 Å². The van der Waals surface area contributed by atoms with Gasteiger partial charge in [-0.05, 0) is 42.5 Å². The summed E-state index contributed by atoms with van der Waals surface area (Å²) in [7, 11) is 1.52. The lowest BCUT2D eigenvalue weighted by Gasteiger charge is -2.15. The first-order valence-electron chi connectivity index (χ1n) is 7.73. The normalized spacial score (nSPS) is 11.1. The highest BCUT2D eigenvalue weighted by molar-refractivity contribution is 5.63. The number of rotatable bonds is 5. The molecule has 2 N–H and O–H groups in total. The summed E-state index contributed by atoms with van der Waals surface area (Å²) in [4.78, 5) is 7.61. The molecule has 0 saturated carbocycles. The van der Waals surface area contributed by atoms with Crippen molar-refractivity contribution in [1.29, 1.82) is 0 Å². The zero-order valence-electron chi connectivity index (χ0n) is 14.0. The van der Waals surface area contributed by atoms with Gasteiger partial charge in [-0.15, -0.1) is 0 Å². The van der Waals surface area contributed by atoms with E-state index in [1.807, 2.05) is 0 Å². The molecule has 0 bridgehead atoms. The standard InChI is InChI=1S/C18H14F4N4O/c1-27-14-7-5-12(6-8-14)25-17-23-10-15(18(20,21)22)16(26-17)24-13-4-2-3-11(19)9-13/h2-10H,1H3,(H2,23,24,25,26). The van der Waals surface area contributed by atoms with Gasteiger partial charge in [-0.1, -0.05) is 6.07 Å². The van der Waals surface area contributed by atoms with Crippen LogP contribution in [0.15, 0.2) is 54.7 Å². The van der Waals surface area contributed by atoms with Gasteiger partial charge in [-0.3, -0.25) is 0 Å². The number of hydrogen-bond acceptors (Lipinski definition) is 5. The highest BCUT2D eigenvalue weighted by Crippen LogP contribution is 2.35. The third kappa shape index (κ3) is 4.63. The van der Waals surface area contributed by atoms with Crippen LogP contribution in [0.2, 0.25) is 0 Å². The average molecular weight is 378 g/mol. The van der Waals surface area contributed by atoms with Crippen molar-refractivity contribution in [2.45, 2.75) is 6.18 Å². The van der Waals surface area contributed by atoms with Gasteiger partial charge < -0.3 is 15.4 Å². The van der Waals surface area contributed by atoms with E-state index >= 15 is 0 Å². The van der Waals surface area contributed by atoms with Crippen LogP contribution >= 0.6 is 0 Å². The molecule has 0 fully saturated rings. The molecule has 1 aromatic heterocycles. The molecule has 0 aliphatic heterocycles. The van der Waals surface area contributed by atoms with E-state index in [2.05, 4.69) is 20.6 Å². The molecule has 0 atom stereocenters. The van der Waals surface area contributed by atoms with Gasteiger partial charge in [-0.2, -0.15) is 18.2 Å². The lowest BCUT2D eigenvalue weighted by atomic mass is 10.2. The van der Waals surface area contributed by atoms with Crippen LogP contribution in [0.1, 0.15) is 5.56 Å². The van der Waals surface area contributed by atoms with Crippen molar-refractivity contribution >= 4 is 23.1 Å². The third-order valence-corrected chi connectivity index (χ3v) is 3.53. The Kier molecular flexibility index (Phi) is 5.11. The zero-order chi connectivity index (χ0) is 19.4. The van der Waals surface area contributed by atoms with E-state index < -0.39 is 23.4 Å².